The Bertz CT molecular complexity index is 490. The second-order valence-electron chi connectivity index (χ2n) is 5.52. The lowest BCUT2D eigenvalue weighted by molar-refractivity contribution is -0.138. The highest BCUT2D eigenvalue weighted by atomic mass is 16.4. The lowest BCUT2D eigenvalue weighted by atomic mass is 10.2. The van der Waals surface area contributed by atoms with Crippen LogP contribution >= 0.6 is 0 Å². The summed E-state index contributed by atoms with van der Waals surface area (Å²) < 4.78 is 1.77. The summed E-state index contributed by atoms with van der Waals surface area (Å²) in [6.45, 7) is 3.35. The van der Waals surface area contributed by atoms with Crippen LogP contribution in [0.4, 0.5) is 0 Å². The van der Waals surface area contributed by atoms with Gasteiger partial charge in [-0.05, 0) is 32.8 Å². The molecule has 1 aliphatic rings. The molecule has 110 valence electrons. The maximum Gasteiger partial charge on any atom is 0.323 e. The third-order valence-corrected chi connectivity index (χ3v) is 3.75. The minimum atomic E-state index is -1.00. The zero-order valence-electron chi connectivity index (χ0n) is 12.0. The number of amides is 1. The second-order valence-corrected chi connectivity index (χ2v) is 5.52. The third kappa shape index (κ3) is 3.00. The topological polar surface area (TPSA) is 75.4 Å². The fraction of sp³-hybridized carbons (Fsp3) is 0.643. The van der Waals surface area contributed by atoms with Crippen LogP contribution in [-0.4, -0.2) is 44.3 Å². The van der Waals surface area contributed by atoms with Crippen LogP contribution in [0.15, 0.2) is 12.3 Å². The van der Waals surface area contributed by atoms with E-state index in [1.165, 1.54) is 4.90 Å². The Morgan fingerprint density at radius 3 is 2.65 bits per heavy atom. The molecule has 2 rings (SSSR count). The van der Waals surface area contributed by atoms with E-state index in [0.29, 0.717) is 5.69 Å². The highest BCUT2D eigenvalue weighted by Crippen LogP contribution is 2.30. The molecule has 0 aromatic carbocycles. The van der Waals surface area contributed by atoms with Gasteiger partial charge in [-0.15, -0.1) is 0 Å². The maximum atomic E-state index is 12.6. The van der Waals surface area contributed by atoms with Crippen LogP contribution in [0.25, 0.3) is 0 Å². The van der Waals surface area contributed by atoms with Crippen molar-refractivity contribution in [3.8, 4) is 0 Å². The van der Waals surface area contributed by atoms with E-state index in [9.17, 15) is 9.59 Å². The first-order valence-electron chi connectivity index (χ1n) is 7.07. The molecule has 1 fully saturated rings. The van der Waals surface area contributed by atoms with Crippen molar-refractivity contribution in [3.05, 3.63) is 18.0 Å². The number of carboxylic acids is 1. The van der Waals surface area contributed by atoms with Gasteiger partial charge in [0.15, 0.2) is 0 Å². The van der Waals surface area contributed by atoms with Crippen molar-refractivity contribution in [3.63, 3.8) is 0 Å². The SMILES string of the molecule is CC(C)N(CC(=O)O)C(=O)c1ccnn1C1CCCC1. The Morgan fingerprint density at radius 2 is 2.10 bits per heavy atom. The van der Waals surface area contributed by atoms with Crippen molar-refractivity contribution >= 4 is 11.9 Å². The predicted molar refractivity (Wildman–Crippen MR) is 73.5 cm³/mol. The van der Waals surface area contributed by atoms with Crippen LogP contribution in [0.3, 0.4) is 0 Å². The number of hydrogen-bond donors (Lipinski definition) is 1. The molecule has 1 aliphatic carbocycles. The van der Waals surface area contributed by atoms with Crippen LogP contribution in [0, 0.1) is 0 Å². The molecular formula is C14H21N3O3. The first-order valence-corrected chi connectivity index (χ1v) is 7.07. The van der Waals surface area contributed by atoms with E-state index in [0.717, 1.165) is 25.7 Å². The number of carbonyl (C=O) groups is 2. The molecule has 1 N–H and O–H groups in total. The molecule has 0 aliphatic heterocycles. The van der Waals surface area contributed by atoms with E-state index in [1.807, 2.05) is 13.8 Å². The molecule has 6 heteroatoms. The third-order valence-electron chi connectivity index (χ3n) is 3.75. The van der Waals surface area contributed by atoms with Gasteiger partial charge in [0.05, 0.1) is 6.04 Å². The number of aliphatic carboxylic acids is 1. The van der Waals surface area contributed by atoms with Crippen molar-refractivity contribution in [1.29, 1.82) is 0 Å². The van der Waals surface area contributed by atoms with Gasteiger partial charge in [0, 0.05) is 12.2 Å². The first-order chi connectivity index (χ1) is 9.50. The molecule has 1 heterocycles. The Kier molecular flexibility index (Phi) is 4.42. The second kappa shape index (κ2) is 6.07. The molecule has 0 atom stereocenters. The van der Waals surface area contributed by atoms with Gasteiger partial charge in [0.25, 0.3) is 5.91 Å². The summed E-state index contributed by atoms with van der Waals surface area (Å²) in [7, 11) is 0. The van der Waals surface area contributed by atoms with Gasteiger partial charge in [-0.1, -0.05) is 12.8 Å². The van der Waals surface area contributed by atoms with Crippen LogP contribution in [0.2, 0.25) is 0 Å². The zero-order chi connectivity index (χ0) is 14.7. The van der Waals surface area contributed by atoms with E-state index in [1.54, 1.807) is 16.9 Å². The maximum absolute atomic E-state index is 12.6. The smallest absolute Gasteiger partial charge is 0.323 e. The molecule has 0 spiro atoms. The Labute approximate surface area is 118 Å². The molecular weight excluding hydrogens is 258 g/mol. The number of hydrogen-bond acceptors (Lipinski definition) is 3. The number of rotatable bonds is 5. The average molecular weight is 279 g/mol. The quantitative estimate of drug-likeness (QED) is 0.893. The normalized spacial score (nSPS) is 15.8. The number of carbonyl (C=O) groups excluding carboxylic acids is 1. The number of aromatic nitrogens is 2. The van der Waals surface area contributed by atoms with E-state index < -0.39 is 5.97 Å². The zero-order valence-corrected chi connectivity index (χ0v) is 12.0. The van der Waals surface area contributed by atoms with E-state index >= 15 is 0 Å². The highest BCUT2D eigenvalue weighted by molar-refractivity contribution is 5.94. The molecule has 0 bridgehead atoms. The van der Waals surface area contributed by atoms with Gasteiger partial charge >= 0.3 is 5.97 Å². The van der Waals surface area contributed by atoms with Crippen LogP contribution in [0.1, 0.15) is 56.1 Å². The molecule has 0 saturated heterocycles. The predicted octanol–water partition coefficient (Wildman–Crippen LogP) is 1.93. The first kappa shape index (κ1) is 14.6. The van der Waals surface area contributed by atoms with Crippen LogP contribution in [0.5, 0.6) is 0 Å². The summed E-state index contributed by atoms with van der Waals surface area (Å²) >= 11 is 0. The molecule has 1 saturated carbocycles. The van der Waals surface area contributed by atoms with Gasteiger partial charge in [0.2, 0.25) is 0 Å². The molecule has 1 aromatic rings. The van der Waals surface area contributed by atoms with Crippen LogP contribution < -0.4 is 0 Å². The summed E-state index contributed by atoms with van der Waals surface area (Å²) in [6, 6.07) is 1.78. The largest absolute Gasteiger partial charge is 0.480 e. The summed E-state index contributed by atoms with van der Waals surface area (Å²) in [5.74, 6) is -1.26. The van der Waals surface area contributed by atoms with Gasteiger partial charge in [-0.2, -0.15) is 5.10 Å². The van der Waals surface area contributed by atoms with Gasteiger partial charge in [-0.3, -0.25) is 14.3 Å². The number of carboxylic acid groups (broad SMARTS) is 1. The minimum Gasteiger partial charge on any atom is -0.480 e. The molecule has 20 heavy (non-hydrogen) atoms. The van der Waals surface area contributed by atoms with Crippen molar-refractivity contribution in [2.24, 2.45) is 0 Å². The molecule has 0 unspecified atom stereocenters. The monoisotopic (exact) mass is 279 g/mol. The van der Waals surface area contributed by atoms with Crippen molar-refractivity contribution < 1.29 is 14.7 Å². The van der Waals surface area contributed by atoms with Gasteiger partial charge in [0.1, 0.15) is 12.2 Å². The standard InChI is InChI=1S/C14H21N3O3/c1-10(2)16(9-13(18)19)14(20)12-7-8-15-17(12)11-5-3-4-6-11/h7-8,10-11H,3-6,9H2,1-2H3,(H,18,19). The summed E-state index contributed by atoms with van der Waals surface area (Å²) in [4.78, 5) is 24.8. The Morgan fingerprint density at radius 1 is 1.45 bits per heavy atom. The minimum absolute atomic E-state index is 0.162. The highest BCUT2D eigenvalue weighted by Gasteiger charge is 2.27. The fourth-order valence-electron chi connectivity index (χ4n) is 2.71. The summed E-state index contributed by atoms with van der Waals surface area (Å²) in [5.41, 5.74) is 0.492. The van der Waals surface area contributed by atoms with E-state index in [2.05, 4.69) is 5.10 Å². The van der Waals surface area contributed by atoms with Crippen molar-refractivity contribution in [2.75, 3.05) is 6.54 Å². The van der Waals surface area contributed by atoms with Gasteiger partial charge < -0.3 is 10.0 Å². The average Bonchev–Trinajstić information content (AvgIpc) is 3.03. The summed E-state index contributed by atoms with van der Waals surface area (Å²) in [5, 5.41) is 13.2. The van der Waals surface area contributed by atoms with Crippen molar-refractivity contribution in [1.82, 2.24) is 14.7 Å². The van der Waals surface area contributed by atoms with Crippen molar-refractivity contribution in [2.45, 2.75) is 51.6 Å². The van der Waals surface area contributed by atoms with Crippen LogP contribution in [-0.2, 0) is 4.79 Å². The molecule has 0 radical (unpaired) electrons. The molecule has 1 aromatic heterocycles. The van der Waals surface area contributed by atoms with Gasteiger partial charge in [-0.25, -0.2) is 0 Å². The van der Waals surface area contributed by atoms with E-state index in [-0.39, 0.29) is 24.5 Å². The lowest BCUT2D eigenvalue weighted by Crippen LogP contribution is -2.41. The Balaban J connectivity index is 2.23. The Hall–Kier alpha value is -1.85. The fourth-order valence-corrected chi connectivity index (χ4v) is 2.71. The van der Waals surface area contributed by atoms with E-state index in [4.69, 9.17) is 5.11 Å². The number of nitrogens with zero attached hydrogens (tertiary/aromatic N) is 3. The summed E-state index contributed by atoms with van der Waals surface area (Å²) in [6.07, 6.45) is 5.98. The molecule has 1 amide bonds. The lowest BCUT2D eigenvalue weighted by Gasteiger charge is -2.26. The molecule has 6 nitrogen and oxygen atoms in total.